The van der Waals surface area contributed by atoms with Gasteiger partial charge in [0.1, 0.15) is 0 Å². The zero-order valence-corrected chi connectivity index (χ0v) is 16.4. The van der Waals surface area contributed by atoms with Gasteiger partial charge in [0, 0.05) is 35.1 Å². The molecule has 140 valence electrons. The average Bonchev–Trinajstić information content (AvgIpc) is 2.67. The Morgan fingerprint density at radius 2 is 2.00 bits per heavy atom. The molecule has 1 N–H and O–H groups in total. The minimum absolute atomic E-state index is 0.0879. The van der Waals surface area contributed by atoms with Crippen LogP contribution in [0.1, 0.15) is 38.8 Å². The molecule has 0 fully saturated rings. The zero-order valence-electron chi connectivity index (χ0n) is 15.7. The summed E-state index contributed by atoms with van der Waals surface area (Å²) < 4.78 is 1.69. The van der Waals surface area contributed by atoms with Crippen LogP contribution in [-0.2, 0) is 0 Å². The van der Waals surface area contributed by atoms with Crippen molar-refractivity contribution in [2.75, 3.05) is 5.32 Å². The Hall–Kier alpha value is -2.66. The highest BCUT2D eigenvalue weighted by Gasteiger charge is 2.12. The van der Waals surface area contributed by atoms with E-state index in [-0.39, 0.29) is 17.6 Å². The normalized spacial score (nSPS) is 13.2. The van der Waals surface area contributed by atoms with Gasteiger partial charge in [-0.05, 0) is 50.1 Å². The summed E-state index contributed by atoms with van der Waals surface area (Å²) in [5.41, 5.74) is 2.38. The van der Waals surface area contributed by atoms with Crippen molar-refractivity contribution in [3.8, 4) is 11.3 Å². The van der Waals surface area contributed by atoms with Crippen molar-refractivity contribution in [2.45, 2.75) is 39.3 Å². The van der Waals surface area contributed by atoms with E-state index in [1.54, 1.807) is 29.1 Å². The van der Waals surface area contributed by atoms with Gasteiger partial charge in [-0.1, -0.05) is 30.7 Å². The fourth-order valence-corrected chi connectivity index (χ4v) is 3.01. The van der Waals surface area contributed by atoms with Crippen LogP contribution in [0.25, 0.3) is 11.3 Å². The Morgan fingerprint density at radius 1 is 1.19 bits per heavy atom. The van der Waals surface area contributed by atoms with Crippen molar-refractivity contribution >= 4 is 17.5 Å². The van der Waals surface area contributed by atoms with Gasteiger partial charge in [0.25, 0.3) is 5.56 Å². The van der Waals surface area contributed by atoms with E-state index in [0.717, 1.165) is 23.2 Å². The molecule has 1 aromatic carbocycles. The summed E-state index contributed by atoms with van der Waals surface area (Å²) in [5.74, 6) is 0.568. The second-order valence-electron chi connectivity index (χ2n) is 6.61. The van der Waals surface area contributed by atoms with Crippen molar-refractivity contribution < 1.29 is 0 Å². The van der Waals surface area contributed by atoms with E-state index in [9.17, 15) is 4.79 Å². The lowest BCUT2D eigenvalue weighted by Gasteiger charge is -2.16. The van der Waals surface area contributed by atoms with Gasteiger partial charge in [0.15, 0.2) is 0 Å². The van der Waals surface area contributed by atoms with Crippen molar-refractivity contribution in [1.29, 1.82) is 0 Å². The van der Waals surface area contributed by atoms with Gasteiger partial charge in [-0.2, -0.15) is 0 Å². The molecule has 0 saturated carbocycles. The first-order valence-electron chi connectivity index (χ1n) is 9.05. The van der Waals surface area contributed by atoms with Crippen LogP contribution in [0.4, 0.5) is 5.95 Å². The highest BCUT2D eigenvalue weighted by Crippen LogP contribution is 2.21. The molecule has 0 aliphatic heterocycles. The number of aromatic nitrogens is 3. The van der Waals surface area contributed by atoms with Crippen LogP contribution >= 0.6 is 11.6 Å². The maximum absolute atomic E-state index is 12.7. The predicted octanol–water partition coefficient (Wildman–Crippen LogP) is 4.78. The molecule has 5 nitrogen and oxygen atoms in total. The van der Waals surface area contributed by atoms with Gasteiger partial charge in [-0.25, -0.2) is 9.97 Å². The molecule has 0 amide bonds. The lowest BCUT2D eigenvalue weighted by Crippen LogP contribution is -2.22. The minimum Gasteiger partial charge on any atom is -0.352 e. The Bertz CT molecular complexity index is 986. The minimum atomic E-state index is -0.113. The molecule has 0 bridgehead atoms. The molecule has 3 aromatic rings. The summed E-state index contributed by atoms with van der Waals surface area (Å²) in [6.45, 7) is 6.16. The lowest BCUT2D eigenvalue weighted by molar-refractivity contribution is 0.615. The van der Waals surface area contributed by atoms with E-state index < -0.39 is 0 Å². The standard InChI is InChI=1S/C21H23ClN4O/c1-4-14(2)24-21-23-10-8-19(25-21)17-9-11-26(20(27)13-17)15(3)16-6-5-7-18(22)12-16/h5-15H,4H2,1-3H3,(H,23,24,25)/t14-,15?/m0/s1. The molecule has 2 aromatic heterocycles. The van der Waals surface area contributed by atoms with Crippen LogP contribution < -0.4 is 10.9 Å². The third-order valence-electron chi connectivity index (χ3n) is 4.64. The van der Waals surface area contributed by atoms with Crippen LogP contribution in [0, 0.1) is 0 Å². The van der Waals surface area contributed by atoms with Crippen LogP contribution in [-0.4, -0.2) is 20.6 Å². The monoisotopic (exact) mass is 382 g/mol. The molecular weight excluding hydrogens is 360 g/mol. The highest BCUT2D eigenvalue weighted by atomic mass is 35.5. The van der Waals surface area contributed by atoms with Crippen molar-refractivity contribution in [1.82, 2.24) is 14.5 Å². The molecule has 0 saturated heterocycles. The van der Waals surface area contributed by atoms with Crippen molar-refractivity contribution in [3.05, 3.63) is 75.8 Å². The van der Waals surface area contributed by atoms with Crippen molar-refractivity contribution in [2.24, 2.45) is 0 Å². The molecular formula is C21H23ClN4O. The number of nitrogens with one attached hydrogen (secondary N) is 1. The molecule has 1 unspecified atom stereocenters. The van der Waals surface area contributed by atoms with Crippen LogP contribution in [0.2, 0.25) is 5.02 Å². The third kappa shape index (κ3) is 4.55. The summed E-state index contributed by atoms with van der Waals surface area (Å²) in [7, 11) is 0. The lowest BCUT2D eigenvalue weighted by atomic mass is 10.1. The number of halogens is 1. The number of hydrogen-bond acceptors (Lipinski definition) is 4. The Morgan fingerprint density at radius 3 is 2.70 bits per heavy atom. The number of benzene rings is 1. The predicted molar refractivity (Wildman–Crippen MR) is 110 cm³/mol. The van der Waals surface area contributed by atoms with E-state index in [0.29, 0.717) is 11.0 Å². The van der Waals surface area contributed by atoms with Gasteiger partial charge in [-0.15, -0.1) is 0 Å². The molecule has 27 heavy (non-hydrogen) atoms. The summed E-state index contributed by atoms with van der Waals surface area (Å²) >= 11 is 6.08. The molecule has 0 radical (unpaired) electrons. The number of rotatable bonds is 6. The maximum Gasteiger partial charge on any atom is 0.251 e. The SMILES string of the molecule is CC[C@H](C)Nc1nccc(-c2ccn(C(C)c3cccc(Cl)c3)c(=O)c2)n1. The molecule has 0 spiro atoms. The highest BCUT2D eigenvalue weighted by molar-refractivity contribution is 6.30. The Balaban J connectivity index is 1.89. The van der Waals surface area contributed by atoms with Crippen molar-refractivity contribution in [3.63, 3.8) is 0 Å². The smallest absolute Gasteiger partial charge is 0.251 e. The van der Waals surface area contributed by atoms with Crippen LogP contribution in [0.3, 0.4) is 0 Å². The van der Waals surface area contributed by atoms with E-state index in [2.05, 4.69) is 29.1 Å². The van der Waals surface area contributed by atoms with Gasteiger partial charge in [0.2, 0.25) is 5.95 Å². The molecule has 0 aliphatic carbocycles. The summed E-state index contributed by atoms with van der Waals surface area (Å²) in [5, 5.41) is 3.91. The number of anilines is 1. The van der Waals surface area contributed by atoms with Crippen LogP contribution in [0.15, 0.2) is 59.7 Å². The second-order valence-corrected chi connectivity index (χ2v) is 7.05. The first-order valence-corrected chi connectivity index (χ1v) is 9.43. The maximum atomic E-state index is 12.7. The van der Waals surface area contributed by atoms with Gasteiger partial charge >= 0.3 is 0 Å². The van der Waals surface area contributed by atoms with E-state index in [1.807, 2.05) is 37.3 Å². The summed E-state index contributed by atoms with van der Waals surface area (Å²) in [6, 6.07) is 13.0. The Labute approximate surface area is 164 Å². The molecule has 2 atom stereocenters. The molecule has 2 heterocycles. The summed E-state index contributed by atoms with van der Waals surface area (Å²) in [6.07, 6.45) is 4.48. The van der Waals surface area contributed by atoms with Crippen LogP contribution in [0.5, 0.6) is 0 Å². The molecule has 0 aliphatic rings. The van der Waals surface area contributed by atoms with Gasteiger partial charge in [-0.3, -0.25) is 4.79 Å². The average molecular weight is 383 g/mol. The largest absolute Gasteiger partial charge is 0.352 e. The van der Waals surface area contributed by atoms with Gasteiger partial charge < -0.3 is 9.88 Å². The molecule has 3 rings (SSSR count). The quantitative estimate of drug-likeness (QED) is 0.666. The van der Waals surface area contributed by atoms with E-state index >= 15 is 0 Å². The number of hydrogen-bond donors (Lipinski definition) is 1. The number of pyridine rings is 1. The third-order valence-corrected chi connectivity index (χ3v) is 4.87. The first-order chi connectivity index (χ1) is 13.0. The van der Waals surface area contributed by atoms with E-state index in [4.69, 9.17) is 11.6 Å². The number of nitrogens with zero attached hydrogens (tertiary/aromatic N) is 3. The fraction of sp³-hybridized carbons (Fsp3) is 0.286. The van der Waals surface area contributed by atoms with Gasteiger partial charge in [0.05, 0.1) is 11.7 Å². The molecule has 6 heteroatoms. The van der Waals surface area contributed by atoms with E-state index in [1.165, 1.54) is 0 Å². The second kappa shape index (κ2) is 8.35. The fourth-order valence-electron chi connectivity index (χ4n) is 2.81. The Kier molecular flexibility index (Phi) is 5.91. The topological polar surface area (TPSA) is 59.8 Å². The summed E-state index contributed by atoms with van der Waals surface area (Å²) in [4.78, 5) is 21.5. The first kappa shape index (κ1) is 19.1. The zero-order chi connectivity index (χ0) is 19.4.